The van der Waals surface area contributed by atoms with Gasteiger partial charge in [0.25, 0.3) is 5.91 Å². The molecule has 3 amide bonds. The Morgan fingerprint density at radius 1 is 1.00 bits per heavy atom. The summed E-state index contributed by atoms with van der Waals surface area (Å²) in [6.07, 6.45) is 1.63. The van der Waals surface area contributed by atoms with Gasteiger partial charge in [-0.25, -0.2) is 4.79 Å². The van der Waals surface area contributed by atoms with Gasteiger partial charge in [0.05, 0.1) is 18.8 Å². The Morgan fingerprint density at radius 3 is 2.47 bits per heavy atom. The maximum Gasteiger partial charge on any atom is 0.317 e. The minimum Gasteiger partial charge on any atom is -0.395 e. The van der Waals surface area contributed by atoms with Gasteiger partial charge >= 0.3 is 6.03 Å². The molecule has 192 valence electrons. The van der Waals surface area contributed by atoms with Crippen molar-refractivity contribution in [3.63, 3.8) is 0 Å². The average molecular weight is 493 g/mol. The molecule has 2 saturated heterocycles. The minimum atomic E-state index is -0.254. The number of aliphatic hydroxyl groups is 1. The van der Waals surface area contributed by atoms with Crippen molar-refractivity contribution in [2.24, 2.45) is 0 Å². The van der Waals surface area contributed by atoms with Gasteiger partial charge in [-0.2, -0.15) is 0 Å². The number of fused-ring (bicyclic) bond motifs is 2. The van der Waals surface area contributed by atoms with E-state index in [1.165, 1.54) is 11.1 Å². The molecule has 8 nitrogen and oxygen atoms in total. The number of aryl methyl sites for hydroxylation is 1. The summed E-state index contributed by atoms with van der Waals surface area (Å²) in [5, 5.41) is 12.1. The summed E-state index contributed by atoms with van der Waals surface area (Å²) in [5.41, 5.74) is 4.91. The number of amides is 3. The Morgan fingerprint density at radius 2 is 1.75 bits per heavy atom. The molecule has 0 saturated carbocycles. The van der Waals surface area contributed by atoms with E-state index < -0.39 is 0 Å². The van der Waals surface area contributed by atoms with Crippen LogP contribution in [-0.4, -0.2) is 84.2 Å². The molecule has 3 aliphatic rings. The third-order valence-corrected chi connectivity index (χ3v) is 7.91. The van der Waals surface area contributed by atoms with E-state index in [4.69, 9.17) is 9.84 Å². The number of rotatable bonds is 5. The maximum absolute atomic E-state index is 13.3. The molecule has 0 aliphatic carbocycles. The Kier molecular flexibility index (Phi) is 7.27. The van der Waals surface area contributed by atoms with E-state index in [0.29, 0.717) is 51.4 Å². The molecule has 0 aromatic heterocycles. The number of piperidine rings is 1. The van der Waals surface area contributed by atoms with E-state index in [1.54, 1.807) is 0 Å². The van der Waals surface area contributed by atoms with Crippen LogP contribution in [0.1, 0.15) is 45.5 Å². The Hall–Kier alpha value is -2.94. The van der Waals surface area contributed by atoms with Crippen LogP contribution in [-0.2, 0) is 23.5 Å². The number of carbonyl (C=O) groups excluding carboxylic acids is 2. The molecule has 8 heteroatoms. The van der Waals surface area contributed by atoms with Crippen molar-refractivity contribution >= 4 is 11.9 Å². The van der Waals surface area contributed by atoms with Gasteiger partial charge in [-0.15, -0.1) is 0 Å². The van der Waals surface area contributed by atoms with Gasteiger partial charge in [-0.3, -0.25) is 9.69 Å². The van der Waals surface area contributed by atoms with Crippen molar-refractivity contribution in [1.82, 2.24) is 20.0 Å². The summed E-state index contributed by atoms with van der Waals surface area (Å²) in [6.45, 7) is 8.06. The number of ether oxygens (including phenoxy) is 1. The highest BCUT2D eigenvalue weighted by molar-refractivity contribution is 5.95. The number of nitrogens with one attached hydrogen (secondary N) is 1. The number of piperazine rings is 1. The molecular weight excluding hydrogens is 456 g/mol. The smallest absolute Gasteiger partial charge is 0.317 e. The number of carbonyl (C=O) groups is 2. The quantitative estimate of drug-likeness (QED) is 0.670. The third-order valence-electron chi connectivity index (χ3n) is 7.91. The topological polar surface area (TPSA) is 85.3 Å². The zero-order valence-corrected chi connectivity index (χ0v) is 21.0. The first kappa shape index (κ1) is 24.7. The predicted molar refractivity (Wildman–Crippen MR) is 137 cm³/mol. The molecule has 5 rings (SSSR count). The molecule has 2 N–H and O–H groups in total. The molecule has 0 radical (unpaired) electrons. The first-order chi connectivity index (χ1) is 17.5. The number of nitrogens with zero attached hydrogens (tertiary/aromatic N) is 3. The van der Waals surface area contributed by atoms with E-state index in [-0.39, 0.29) is 24.1 Å². The van der Waals surface area contributed by atoms with Gasteiger partial charge in [0.15, 0.2) is 0 Å². The van der Waals surface area contributed by atoms with E-state index in [9.17, 15) is 9.59 Å². The van der Waals surface area contributed by atoms with Crippen molar-refractivity contribution in [3.05, 3.63) is 70.3 Å². The lowest BCUT2D eigenvalue weighted by Crippen LogP contribution is -2.52. The van der Waals surface area contributed by atoms with E-state index >= 15 is 0 Å². The summed E-state index contributed by atoms with van der Waals surface area (Å²) in [6, 6.07) is 14.2. The summed E-state index contributed by atoms with van der Waals surface area (Å²) >= 11 is 0. The molecule has 0 bridgehead atoms. The number of aliphatic hydroxyl groups excluding tert-OH is 1. The second kappa shape index (κ2) is 10.6. The highest BCUT2D eigenvalue weighted by Crippen LogP contribution is 2.44. The van der Waals surface area contributed by atoms with Crippen molar-refractivity contribution in [1.29, 1.82) is 0 Å². The van der Waals surface area contributed by atoms with Gasteiger partial charge in [0, 0.05) is 57.9 Å². The van der Waals surface area contributed by atoms with E-state index in [2.05, 4.69) is 34.5 Å². The zero-order valence-electron chi connectivity index (χ0n) is 21.0. The number of hydrogen-bond donors (Lipinski definition) is 2. The molecule has 3 aliphatic heterocycles. The first-order valence-corrected chi connectivity index (χ1v) is 13.0. The summed E-state index contributed by atoms with van der Waals surface area (Å²) in [5.74, 6) is 0.0602. The van der Waals surface area contributed by atoms with Crippen molar-refractivity contribution in [2.45, 2.75) is 38.5 Å². The van der Waals surface area contributed by atoms with Crippen LogP contribution in [0, 0.1) is 6.92 Å². The zero-order chi connectivity index (χ0) is 25.1. The maximum atomic E-state index is 13.3. The van der Waals surface area contributed by atoms with Gasteiger partial charge < -0.3 is 25.0 Å². The lowest BCUT2D eigenvalue weighted by Gasteiger charge is -2.39. The SMILES string of the molecule is Cc1cc(CNC(=O)N2CCN(CCO)CC2)ccc1C(=O)N1CCC2(CC1)OCc1ccccc12. The van der Waals surface area contributed by atoms with Crippen molar-refractivity contribution in [2.75, 3.05) is 52.4 Å². The fourth-order valence-corrected chi connectivity index (χ4v) is 5.72. The van der Waals surface area contributed by atoms with Crippen molar-refractivity contribution in [3.8, 4) is 0 Å². The summed E-state index contributed by atoms with van der Waals surface area (Å²) in [7, 11) is 0. The summed E-state index contributed by atoms with van der Waals surface area (Å²) < 4.78 is 6.24. The Balaban J connectivity index is 1.14. The average Bonchev–Trinajstić information content (AvgIpc) is 3.26. The van der Waals surface area contributed by atoms with Crippen LogP contribution < -0.4 is 5.32 Å². The molecular formula is C28H36N4O4. The normalized spacial score (nSPS) is 19.4. The Labute approximate surface area is 212 Å². The lowest BCUT2D eigenvalue weighted by molar-refractivity contribution is -0.0741. The summed E-state index contributed by atoms with van der Waals surface area (Å²) in [4.78, 5) is 31.8. The molecule has 36 heavy (non-hydrogen) atoms. The van der Waals surface area contributed by atoms with Crippen LogP contribution in [0.25, 0.3) is 0 Å². The molecule has 0 unspecified atom stereocenters. The van der Waals surface area contributed by atoms with Crippen LogP contribution in [0.5, 0.6) is 0 Å². The van der Waals surface area contributed by atoms with Gasteiger partial charge in [0.1, 0.15) is 0 Å². The first-order valence-electron chi connectivity index (χ1n) is 13.0. The fourth-order valence-electron chi connectivity index (χ4n) is 5.72. The van der Waals surface area contributed by atoms with Crippen LogP contribution in [0.4, 0.5) is 4.79 Å². The third kappa shape index (κ3) is 4.98. The standard InChI is InChI=1S/C28H36N4O4/c1-21-18-22(19-29-27(35)32-14-12-30(13-15-32)16-17-33)6-7-24(21)26(34)31-10-8-28(9-11-31)25-5-3-2-4-23(25)20-36-28/h2-7,18,33H,8-17,19-20H2,1H3,(H,29,35). The van der Waals surface area contributed by atoms with Crippen LogP contribution in [0.15, 0.2) is 42.5 Å². The molecule has 2 fully saturated rings. The van der Waals surface area contributed by atoms with Gasteiger partial charge in [-0.05, 0) is 48.1 Å². The number of likely N-dealkylation sites (tertiary alicyclic amines) is 1. The van der Waals surface area contributed by atoms with Gasteiger partial charge in [-0.1, -0.05) is 36.4 Å². The van der Waals surface area contributed by atoms with E-state index in [1.807, 2.05) is 34.9 Å². The molecule has 2 aromatic rings. The van der Waals surface area contributed by atoms with Gasteiger partial charge in [0.2, 0.25) is 0 Å². The molecule has 1 spiro atoms. The second-order valence-corrected chi connectivity index (χ2v) is 10.1. The number of urea groups is 1. The molecule has 0 atom stereocenters. The molecule has 2 aromatic carbocycles. The fraction of sp³-hybridized carbons (Fsp3) is 0.500. The second-order valence-electron chi connectivity index (χ2n) is 10.1. The lowest BCUT2D eigenvalue weighted by atomic mass is 9.83. The predicted octanol–water partition coefficient (Wildman–Crippen LogP) is 2.48. The minimum absolute atomic E-state index is 0.0602. The van der Waals surface area contributed by atoms with Crippen molar-refractivity contribution < 1.29 is 19.4 Å². The highest BCUT2D eigenvalue weighted by atomic mass is 16.5. The monoisotopic (exact) mass is 492 g/mol. The largest absolute Gasteiger partial charge is 0.395 e. The van der Waals surface area contributed by atoms with Crippen LogP contribution in [0.3, 0.4) is 0 Å². The molecule has 3 heterocycles. The highest BCUT2D eigenvalue weighted by Gasteiger charge is 2.43. The number of hydrogen-bond acceptors (Lipinski definition) is 5. The number of β-amino-alcohol motifs (C(OH)–C–C–N with tert-alkyl or cyclic N) is 1. The van der Waals surface area contributed by atoms with Crippen LogP contribution >= 0.6 is 0 Å². The number of benzene rings is 2. The van der Waals surface area contributed by atoms with E-state index in [0.717, 1.165) is 37.1 Å². The van der Waals surface area contributed by atoms with Crippen LogP contribution in [0.2, 0.25) is 0 Å². The Bertz CT molecular complexity index is 1100.